The van der Waals surface area contributed by atoms with Gasteiger partial charge in [0.1, 0.15) is 23.4 Å². The summed E-state index contributed by atoms with van der Waals surface area (Å²) < 4.78 is 5.30. The Morgan fingerprint density at radius 3 is 2.26 bits per heavy atom. The molecule has 0 heterocycles. The monoisotopic (exact) mass is 481 g/mol. The van der Waals surface area contributed by atoms with Gasteiger partial charge in [-0.05, 0) is 64.7 Å². The summed E-state index contributed by atoms with van der Waals surface area (Å²) in [5.41, 5.74) is 1.09. The minimum atomic E-state index is -1.10. The van der Waals surface area contributed by atoms with Gasteiger partial charge in [0.2, 0.25) is 5.91 Å². The van der Waals surface area contributed by atoms with Crippen molar-refractivity contribution in [2.24, 2.45) is 5.92 Å². The molecule has 0 spiro atoms. The molecule has 4 atom stereocenters. The van der Waals surface area contributed by atoms with Crippen LogP contribution in [0, 0.1) is 12.8 Å². The fourth-order valence-corrected chi connectivity index (χ4v) is 3.99. The summed E-state index contributed by atoms with van der Waals surface area (Å²) in [5.74, 6) is -0.792. The van der Waals surface area contributed by atoms with Gasteiger partial charge >= 0.3 is 6.09 Å². The first-order chi connectivity index (χ1) is 16.4. The summed E-state index contributed by atoms with van der Waals surface area (Å²) in [6, 6.07) is 11.6. The molecule has 0 aromatic heterocycles. The van der Waals surface area contributed by atoms with Crippen molar-refractivity contribution in [2.75, 3.05) is 5.32 Å². The van der Waals surface area contributed by atoms with Crippen LogP contribution in [-0.2, 0) is 14.3 Å². The zero-order valence-corrected chi connectivity index (χ0v) is 21.2. The van der Waals surface area contributed by atoms with E-state index < -0.39 is 35.6 Å². The van der Waals surface area contributed by atoms with Gasteiger partial charge in [-0.2, -0.15) is 0 Å². The highest BCUT2D eigenvalue weighted by Crippen LogP contribution is 2.42. The Labute approximate surface area is 206 Å². The van der Waals surface area contributed by atoms with Crippen LogP contribution in [0.1, 0.15) is 58.2 Å². The van der Waals surface area contributed by atoms with E-state index in [0.717, 1.165) is 5.56 Å². The van der Waals surface area contributed by atoms with Crippen LogP contribution in [0.3, 0.4) is 0 Å². The van der Waals surface area contributed by atoms with Gasteiger partial charge in [-0.3, -0.25) is 9.59 Å². The molecule has 0 aliphatic heterocycles. The molecule has 8 nitrogen and oxygen atoms in total. The summed E-state index contributed by atoms with van der Waals surface area (Å²) in [4.78, 5) is 41.2. The molecule has 188 valence electrons. The van der Waals surface area contributed by atoms with Crippen molar-refractivity contribution in [1.82, 2.24) is 10.2 Å². The molecule has 4 unspecified atom stereocenters. The number of ether oxygens (including phenoxy) is 1. The smallest absolute Gasteiger partial charge is 0.408 e. The number of alkyl carbamates (subject to hydrolysis) is 1. The number of rotatable bonds is 7. The number of nitrogens with zero attached hydrogens (tertiary/aromatic N) is 1. The number of benzene rings is 2. The third kappa shape index (κ3) is 6.53. The molecular formula is C27H35N3O5. The Hall–Kier alpha value is -3.55. The lowest BCUT2D eigenvalue weighted by Gasteiger charge is -2.34. The van der Waals surface area contributed by atoms with E-state index in [1.54, 1.807) is 52.0 Å². The maximum Gasteiger partial charge on any atom is 0.408 e. The largest absolute Gasteiger partial charge is 0.508 e. The highest BCUT2D eigenvalue weighted by atomic mass is 16.6. The van der Waals surface area contributed by atoms with E-state index in [4.69, 9.17) is 4.74 Å². The number of phenolic OH excluding ortho intramolecular Hbond substituents is 1. The third-order valence-electron chi connectivity index (χ3n) is 5.94. The molecule has 3 amide bonds. The Bertz CT molecular complexity index is 1090. The van der Waals surface area contributed by atoms with Crippen molar-refractivity contribution in [3.63, 3.8) is 0 Å². The van der Waals surface area contributed by atoms with Crippen molar-refractivity contribution in [3.05, 3.63) is 59.7 Å². The van der Waals surface area contributed by atoms with Crippen LogP contribution < -0.4 is 10.6 Å². The Kier molecular flexibility index (Phi) is 7.73. The average molecular weight is 482 g/mol. The van der Waals surface area contributed by atoms with Crippen LogP contribution in [-0.4, -0.2) is 45.6 Å². The van der Waals surface area contributed by atoms with E-state index in [-0.39, 0.29) is 17.7 Å². The molecule has 2 aromatic carbocycles. The van der Waals surface area contributed by atoms with Crippen LogP contribution in [0.25, 0.3) is 0 Å². The number of phenols is 1. The van der Waals surface area contributed by atoms with E-state index in [2.05, 4.69) is 10.6 Å². The molecule has 0 saturated heterocycles. The average Bonchev–Trinajstić information content (AvgIpc) is 3.48. The first kappa shape index (κ1) is 26.1. The number of carbonyl (C=O) groups is 3. The summed E-state index contributed by atoms with van der Waals surface area (Å²) in [6.45, 7) is 10.7. The molecule has 0 radical (unpaired) electrons. The minimum Gasteiger partial charge on any atom is -0.508 e. The van der Waals surface area contributed by atoms with Crippen LogP contribution >= 0.6 is 0 Å². The maximum atomic E-state index is 13.7. The lowest BCUT2D eigenvalue weighted by Crippen LogP contribution is -2.52. The van der Waals surface area contributed by atoms with Gasteiger partial charge in [-0.25, -0.2) is 4.79 Å². The number of hydrogen-bond donors (Lipinski definition) is 3. The molecule has 1 aliphatic rings. The van der Waals surface area contributed by atoms with E-state index in [1.165, 1.54) is 11.0 Å². The topological polar surface area (TPSA) is 108 Å². The first-order valence-corrected chi connectivity index (χ1v) is 11.8. The predicted molar refractivity (Wildman–Crippen MR) is 134 cm³/mol. The van der Waals surface area contributed by atoms with Gasteiger partial charge in [0.05, 0.1) is 0 Å². The molecule has 0 bridgehead atoms. The Balaban J connectivity index is 1.96. The third-order valence-corrected chi connectivity index (χ3v) is 5.94. The van der Waals surface area contributed by atoms with E-state index >= 15 is 0 Å². The van der Waals surface area contributed by atoms with E-state index in [1.807, 2.05) is 32.0 Å². The maximum absolute atomic E-state index is 13.7. The summed E-state index contributed by atoms with van der Waals surface area (Å²) >= 11 is 0. The number of carbonyl (C=O) groups excluding carboxylic acids is 3. The minimum absolute atomic E-state index is 0.0868. The molecule has 1 fully saturated rings. The zero-order chi connectivity index (χ0) is 25.9. The van der Waals surface area contributed by atoms with Gasteiger partial charge < -0.3 is 25.4 Å². The Morgan fingerprint density at radius 2 is 1.69 bits per heavy atom. The first-order valence-electron chi connectivity index (χ1n) is 11.8. The summed E-state index contributed by atoms with van der Waals surface area (Å²) in [7, 11) is 0. The SMILES string of the molecule is Cc1ccccc1NC(=O)C(c1ccccc1O)N(C(=O)C(C)NC(=O)OC(C)(C)C)C1CC1C. The van der Waals surface area contributed by atoms with E-state index in [9.17, 15) is 19.5 Å². The lowest BCUT2D eigenvalue weighted by molar-refractivity contribution is -0.141. The van der Waals surface area contributed by atoms with Crippen molar-refractivity contribution in [1.29, 1.82) is 0 Å². The number of anilines is 1. The lowest BCUT2D eigenvalue weighted by atomic mass is 10.0. The van der Waals surface area contributed by atoms with Gasteiger partial charge in [0, 0.05) is 17.3 Å². The molecule has 8 heteroatoms. The van der Waals surface area contributed by atoms with Gasteiger partial charge in [-0.15, -0.1) is 0 Å². The number of para-hydroxylation sites is 2. The standard InChI is InChI=1S/C27H35N3O5/c1-16-11-7-9-13-20(16)29-24(32)23(19-12-8-10-14-22(19)31)30(21-15-17(21)2)25(33)18(3)28-26(34)35-27(4,5)6/h7-14,17-18,21,23,31H,15H2,1-6H3,(H,28,34)(H,29,32). The van der Waals surface area contributed by atoms with Gasteiger partial charge in [0.15, 0.2) is 0 Å². The molecule has 3 rings (SSSR count). The second-order valence-corrected chi connectivity index (χ2v) is 10.2. The summed E-state index contributed by atoms with van der Waals surface area (Å²) in [6.07, 6.45) is -0.00210. The predicted octanol–water partition coefficient (Wildman–Crippen LogP) is 4.53. The molecule has 1 saturated carbocycles. The van der Waals surface area contributed by atoms with Crippen LogP contribution in [0.5, 0.6) is 5.75 Å². The molecule has 35 heavy (non-hydrogen) atoms. The quantitative estimate of drug-likeness (QED) is 0.538. The van der Waals surface area contributed by atoms with Crippen LogP contribution in [0.4, 0.5) is 10.5 Å². The number of aromatic hydroxyl groups is 1. The highest BCUT2D eigenvalue weighted by Gasteiger charge is 2.48. The number of aryl methyl sites for hydroxylation is 1. The highest BCUT2D eigenvalue weighted by molar-refractivity contribution is 6.00. The van der Waals surface area contributed by atoms with Crippen molar-refractivity contribution >= 4 is 23.6 Å². The fourth-order valence-electron chi connectivity index (χ4n) is 3.99. The van der Waals surface area contributed by atoms with Crippen molar-refractivity contribution in [2.45, 2.75) is 71.7 Å². The van der Waals surface area contributed by atoms with E-state index in [0.29, 0.717) is 17.7 Å². The summed E-state index contributed by atoms with van der Waals surface area (Å²) in [5, 5.41) is 16.2. The van der Waals surface area contributed by atoms with Crippen molar-refractivity contribution in [3.8, 4) is 5.75 Å². The number of amides is 3. The molecule has 2 aromatic rings. The van der Waals surface area contributed by atoms with Gasteiger partial charge in [0.25, 0.3) is 5.91 Å². The van der Waals surface area contributed by atoms with Crippen molar-refractivity contribution < 1.29 is 24.2 Å². The van der Waals surface area contributed by atoms with Gasteiger partial charge in [-0.1, -0.05) is 43.3 Å². The van der Waals surface area contributed by atoms with Crippen LogP contribution in [0.15, 0.2) is 48.5 Å². The second kappa shape index (κ2) is 10.4. The molecule has 1 aliphatic carbocycles. The Morgan fingerprint density at radius 1 is 1.09 bits per heavy atom. The molecule has 3 N–H and O–H groups in total. The number of nitrogens with one attached hydrogen (secondary N) is 2. The van der Waals surface area contributed by atoms with Crippen LogP contribution in [0.2, 0.25) is 0 Å². The number of hydrogen-bond acceptors (Lipinski definition) is 5. The normalized spacial score (nSPS) is 18.7. The molecular weight excluding hydrogens is 446 g/mol. The fraction of sp³-hybridized carbons (Fsp3) is 0.444. The second-order valence-electron chi connectivity index (χ2n) is 10.2. The zero-order valence-electron chi connectivity index (χ0n) is 21.2.